The van der Waals surface area contributed by atoms with Crippen molar-refractivity contribution in [3.8, 4) is 0 Å². The van der Waals surface area contributed by atoms with Crippen LogP contribution in [0.4, 0.5) is 5.69 Å². The fourth-order valence-electron chi connectivity index (χ4n) is 3.85. The average molecular weight is 410 g/mol. The van der Waals surface area contributed by atoms with Crippen LogP contribution in [0, 0.1) is 0 Å². The summed E-state index contributed by atoms with van der Waals surface area (Å²) in [6.07, 6.45) is 3.04. The first kappa shape index (κ1) is 17.7. The minimum atomic E-state index is -0.0209. The quantitative estimate of drug-likeness (QED) is 0.666. The van der Waals surface area contributed by atoms with Crippen LogP contribution in [0.2, 0.25) is 0 Å². The molecule has 0 aliphatic carbocycles. The second-order valence-corrected chi connectivity index (χ2v) is 9.16. The molecule has 0 radical (unpaired) electrons. The maximum atomic E-state index is 13.3. The molecule has 2 amide bonds. The van der Waals surface area contributed by atoms with Crippen molar-refractivity contribution in [3.05, 3.63) is 53.0 Å². The van der Waals surface area contributed by atoms with Gasteiger partial charge in [0.1, 0.15) is 5.01 Å². The summed E-state index contributed by atoms with van der Waals surface area (Å²) in [6, 6.07) is 13.7. The van der Waals surface area contributed by atoms with E-state index in [0.29, 0.717) is 11.3 Å². The minimum absolute atomic E-state index is 0.0107. The molecule has 2 aliphatic heterocycles. The van der Waals surface area contributed by atoms with Gasteiger partial charge in [0.25, 0.3) is 5.91 Å². The van der Waals surface area contributed by atoms with Crippen LogP contribution in [-0.4, -0.2) is 34.0 Å². The SMILES string of the molecule is O=C1CSc2ccc(C(=O)N3CCCCC3c3nc4ccccc4s3)cc2N1. The summed E-state index contributed by atoms with van der Waals surface area (Å²) in [6.45, 7) is 0.734. The zero-order valence-corrected chi connectivity index (χ0v) is 16.8. The molecular weight excluding hydrogens is 390 g/mol. The summed E-state index contributed by atoms with van der Waals surface area (Å²) < 4.78 is 1.16. The Morgan fingerprint density at radius 3 is 2.96 bits per heavy atom. The summed E-state index contributed by atoms with van der Waals surface area (Å²) in [5.41, 5.74) is 2.35. The van der Waals surface area contributed by atoms with Crippen LogP contribution >= 0.6 is 23.1 Å². The number of amides is 2. The number of nitrogens with one attached hydrogen (secondary N) is 1. The number of likely N-dealkylation sites (tertiary alicyclic amines) is 1. The van der Waals surface area contributed by atoms with Crippen molar-refractivity contribution in [2.45, 2.75) is 30.2 Å². The Morgan fingerprint density at radius 2 is 2.07 bits per heavy atom. The molecule has 28 heavy (non-hydrogen) atoms. The fraction of sp³-hybridized carbons (Fsp3) is 0.286. The van der Waals surface area contributed by atoms with Gasteiger partial charge in [0.15, 0.2) is 0 Å². The molecule has 5 nitrogen and oxygen atoms in total. The first-order valence-corrected chi connectivity index (χ1v) is 11.2. The van der Waals surface area contributed by atoms with E-state index in [1.54, 1.807) is 11.3 Å². The zero-order chi connectivity index (χ0) is 19.1. The number of benzene rings is 2. The lowest BCUT2D eigenvalue weighted by atomic mass is 10.0. The molecule has 1 fully saturated rings. The smallest absolute Gasteiger partial charge is 0.254 e. The highest BCUT2D eigenvalue weighted by molar-refractivity contribution is 8.00. The summed E-state index contributed by atoms with van der Waals surface area (Å²) in [5.74, 6) is 0.413. The van der Waals surface area contributed by atoms with Crippen molar-refractivity contribution in [1.82, 2.24) is 9.88 Å². The predicted octanol–water partition coefficient (Wildman–Crippen LogP) is 4.71. The Morgan fingerprint density at radius 1 is 1.18 bits per heavy atom. The number of fused-ring (bicyclic) bond motifs is 2. The van der Waals surface area contributed by atoms with Gasteiger partial charge in [-0.1, -0.05) is 12.1 Å². The number of rotatable bonds is 2. The maximum Gasteiger partial charge on any atom is 0.254 e. The van der Waals surface area contributed by atoms with Gasteiger partial charge in [0.05, 0.1) is 27.7 Å². The molecule has 142 valence electrons. The van der Waals surface area contributed by atoms with Crippen LogP contribution < -0.4 is 5.32 Å². The van der Waals surface area contributed by atoms with Crippen LogP contribution in [0.1, 0.15) is 40.7 Å². The molecule has 7 heteroatoms. The largest absolute Gasteiger partial charge is 0.329 e. The van der Waals surface area contributed by atoms with E-state index in [-0.39, 0.29) is 17.9 Å². The van der Waals surface area contributed by atoms with Gasteiger partial charge in [0.2, 0.25) is 5.91 Å². The number of piperidine rings is 1. The molecular formula is C21H19N3O2S2. The maximum absolute atomic E-state index is 13.3. The van der Waals surface area contributed by atoms with Crippen molar-refractivity contribution in [2.24, 2.45) is 0 Å². The summed E-state index contributed by atoms with van der Waals surface area (Å²) >= 11 is 3.19. The molecule has 0 bridgehead atoms. The van der Waals surface area contributed by atoms with Crippen molar-refractivity contribution >= 4 is 50.8 Å². The molecule has 1 unspecified atom stereocenters. The summed E-state index contributed by atoms with van der Waals surface area (Å²) in [7, 11) is 0. The van der Waals surface area contributed by atoms with E-state index in [9.17, 15) is 9.59 Å². The Bertz CT molecular complexity index is 1050. The van der Waals surface area contributed by atoms with Crippen molar-refractivity contribution in [2.75, 3.05) is 17.6 Å². The van der Waals surface area contributed by atoms with E-state index in [2.05, 4.69) is 11.4 Å². The zero-order valence-electron chi connectivity index (χ0n) is 15.2. The Labute approximate surface area is 171 Å². The number of hydrogen-bond donors (Lipinski definition) is 1. The molecule has 1 saturated heterocycles. The first-order chi connectivity index (χ1) is 13.7. The summed E-state index contributed by atoms with van der Waals surface area (Å²) in [5, 5.41) is 3.89. The van der Waals surface area contributed by atoms with Crippen LogP contribution in [0.3, 0.4) is 0 Å². The van der Waals surface area contributed by atoms with Gasteiger partial charge in [-0.2, -0.15) is 0 Å². The second-order valence-electron chi connectivity index (χ2n) is 7.08. The molecule has 2 aliphatic rings. The number of thiazole rings is 1. The third-order valence-electron chi connectivity index (χ3n) is 5.22. The normalized spacial score (nSPS) is 19.4. The third-order valence-corrected chi connectivity index (χ3v) is 7.43. The van der Waals surface area contributed by atoms with Crippen LogP contribution in [0.5, 0.6) is 0 Å². The van der Waals surface area contributed by atoms with E-state index in [0.717, 1.165) is 51.6 Å². The number of aromatic nitrogens is 1. The number of carbonyl (C=O) groups excluding carboxylic acids is 2. The lowest BCUT2D eigenvalue weighted by Gasteiger charge is -2.34. The standard InChI is InChI=1S/C21H19N3O2S2/c25-19-12-27-17-9-8-13(11-15(17)22-19)21(26)24-10-4-3-6-16(24)20-23-14-5-1-2-7-18(14)28-20/h1-2,5,7-9,11,16H,3-4,6,10,12H2,(H,22,25). The van der Waals surface area contributed by atoms with Gasteiger partial charge in [-0.05, 0) is 49.6 Å². The van der Waals surface area contributed by atoms with E-state index in [1.165, 1.54) is 11.8 Å². The molecule has 0 spiro atoms. The highest BCUT2D eigenvalue weighted by Crippen LogP contribution is 2.37. The van der Waals surface area contributed by atoms with E-state index in [1.807, 2.05) is 41.3 Å². The van der Waals surface area contributed by atoms with Crippen molar-refractivity contribution < 1.29 is 9.59 Å². The molecule has 1 N–H and O–H groups in total. The van der Waals surface area contributed by atoms with Crippen LogP contribution in [0.25, 0.3) is 10.2 Å². The van der Waals surface area contributed by atoms with Gasteiger partial charge >= 0.3 is 0 Å². The number of anilines is 1. The van der Waals surface area contributed by atoms with E-state index in [4.69, 9.17) is 4.98 Å². The molecule has 3 aromatic rings. The molecule has 2 aromatic carbocycles. The van der Waals surface area contributed by atoms with E-state index < -0.39 is 0 Å². The molecule has 5 rings (SSSR count). The molecule has 3 heterocycles. The lowest BCUT2D eigenvalue weighted by molar-refractivity contribution is -0.113. The van der Waals surface area contributed by atoms with Gasteiger partial charge in [-0.15, -0.1) is 23.1 Å². The number of carbonyl (C=O) groups is 2. The number of para-hydroxylation sites is 1. The van der Waals surface area contributed by atoms with E-state index >= 15 is 0 Å². The van der Waals surface area contributed by atoms with Crippen LogP contribution in [-0.2, 0) is 4.79 Å². The average Bonchev–Trinajstić information content (AvgIpc) is 3.17. The Hall–Kier alpha value is -2.38. The third kappa shape index (κ3) is 3.18. The number of hydrogen-bond acceptors (Lipinski definition) is 5. The Balaban J connectivity index is 1.47. The topological polar surface area (TPSA) is 62.3 Å². The van der Waals surface area contributed by atoms with Crippen LogP contribution in [0.15, 0.2) is 47.4 Å². The monoisotopic (exact) mass is 409 g/mol. The molecule has 0 saturated carbocycles. The van der Waals surface area contributed by atoms with Crippen molar-refractivity contribution in [1.29, 1.82) is 0 Å². The van der Waals surface area contributed by atoms with Crippen molar-refractivity contribution in [3.63, 3.8) is 0 Å². The number of nitrogens with zero attached hydrogens (tertiary/aromatic N) is 2. The minimum Gasteiger partial charge on any atom is -0.329 e. The fourth-order valence-corrected chi connectivity index (χ4v) is 5.75. The number of thioether (sulfide) groups is 1. The predicted molar refractivity (Wildman–Crippen MR) is 113 cm³/mol. The van der Waals surface area contributed by atoms with Gasteiger partial charge in [-0.3, -0.25) is 9.59 Å². The second kappa shape index (κ2) is 7.22. The Kier molecular flexibility index (Phi) is 4.56. The van der Waals surface area contributed by atoms with Gasteiger partial charge in [0, 0.05) is 17.0 Å². The molecule has 1 atom stereocenters. The lowest BCUT2D eigenvalue weighted by Crippen LogP contribution is -2.38. The summed E-state index contributed by atoms with van der Waals surface area (Å²) in [4.78, 5) is 32.8. The molecule has 1 aromatic heterocycles. The highest BCUT2D eigenvalue weighted by atomic mass is 32.2. The van der Waals surface area contributed by atoms with Gasteiger partial charge < -0.3 is 10.2 Å². The highest BCUT2D eigenvalue weighted by Gasteiger charge is 2.31. The van der Waals surface area contributed by atoms with Gasteiger partial charge in [-0.25, -0.2) is 4.98 Å². The first-order valence-electron chi connectivity index (χ1n) is 9.42.